The molecule has 0 aromatic carbocycles. The fourth-order valence-corrected chi connectivity index (χ4v) is 1.46. The minimum atomic E-state index is -0.595. The monoisotopic (exact) mass is 228 g/mol. The van der Waals surface area contributed by atoms with Gasteiger partial charge in [0.05, 0.1) is 17.9 Å². The van der Waals surface area contributed by atoms with Crippen molar-refractivity contribution in [3.63, 3.8) is 0 Å². The fourth-order valence-electron chi connectivity index (χ4n) is 1.46. The Labute approximate surface area is 93.9 Å². The topological polar surface area (TPSA) is 76.7 Å². The third-order valence-corrected chi connectivity index (χ3v) is 2.21. The molecular formula is C10H16N2O4. The predicted octanol–water partition coefficient (Wildman–Crippen LogP) is 0.848. The third kappa shape index (κ3) is 3.15. The molecule has 6 nitrogen and oxygen atoms in total. The van der Waals surface area contributed by atoms with Crippen molar-refractivity contribution in [3.05, 3.63) is 11.3 Å². The highest BCUT2D eigenvalue weighted by Crippen LogP contribution is 2.24. The predicted molar refractivity (Wildman–Crippen MR) is 56.2 cm³/mol. The highest BCUT2D eigenvalue weighted by Gasteiger charge is 2.22. The lowest BCUT2D eigenvalue weighted by molar-refractivity contribution is -0.138. The van der Waals surface area contributed by atoms with Crippen LogP contribution in [0.2, 0.25) is 0 Å². The van der Waals surface area contributed by atoms with Gasteiger partial charge < -0.3 is 14.9 Å². The number of allylic oxidation sites excluding steroid dienone is 1. The number of nitrogens with one attached hydrogen (secondary N) is 2. The summed E-state index contributed by atoms with van der Waals surface area (Å²) in [5, 5.41) is 2.30. The van der Waals surface area contributed by atoms with Crippen LogP contribution in [0.5, 0.6) is 0 Å². The van der Waals surface area contributed by atoms with Gasteiger partial charge in [0.15, 0.2) is 0 Å². The second kappa shape index (κ2) is 5.99. The molecule has 0 radical (unpaired) electrons. The van der Waals surface area contributed by atoms with Crippen molar-refractivity contribution in [2.75, 3.05) is 13.7 Å². The molecule has 0 saturated heterocycles. The largest absolute Gasteiger partial charge is 0.463 e. The molecule has 90 valence electrons. The summed E-state index contributed by atoms with van der Waals surface area (Å²) in [4.78, 5) is 27.0. The molecule has 16 heavy (non-hydrogen) atoms. The summed E-state index contributed by atoms with van der Waals surface area (Å²) in [5.41, 5.74) is 3.68. The Kier molecular flexibility index (Phi) is 4.63. The van der Waals surface area contributed by atoms with Gasteiger partial charge in [-0.05, 0) is 26.2 Å². The number of carbonyl (C=O) groups excluding carboxylic acids is 2. The average Bonchev–Trinajstić information content (AvgIpc) is 2.74. The summed E-state index contributed by atoms with van der Waals surface area (Å²) in [6.45, 7) is 2.09. The normalized spacial score (nSPS) is 14.6. The van der Waals surface area contributed by atoms with E-state index in [9.17, 15) is 9.59 Å². The molecule has 0 fully saturated rings. The van der Waals surface area contributed by atoms with Gasteiger partial charge in [0, 0.05) is 7.05 Å². The lowest BCUT2D eigenvalue weighted by Crippen LogP contribution is -2.27. The zero-order chi connectivity index (χ0) is 12.0. The lowest BCUT2D eigenvalue weighted by Gasteiger charge is -2.09. The van der Waals surface area contributed by atoms with Gasteiger partial charge in [-0.3, -0.25) is 0 Å². The molecule has 1 rings (SSSR count). The Morgan fingerprint density at radius 3 is 2.75 bits per heavy atom. The molecule has 0 atom stereocenters. The van der Waals surface area contributed by atoms with Gasteiger partial charge in [-0.1, -0.05) is 0 Å². The summed E-state index contributed by atoms with van der Waals surface area (Å²) in [7, 11) is 1.46. The standard InChI is InChI=1S/C10H16N2O4/c1-3-15-9(13)7-5-4-6-8(7)12-16-10(14)11-2/h12H,3-6H2,1-2H3,(H,11,14). The minimum Gasteiger partial charge on any atom is -0.463 e. The molecule has 6 heteroatoms. The molecule has 0 spiro atoms. The maximum absolute atomic E-state index is 11.5. The van der Waals surface area contributed by atoms with Crippen molar-refractivity contribution < 1.29 is 19.2 Å². The number of carbonyl (C=O) groups is 2. The van der Waals surface area contributed by atoms with E-state index in [-0.39, 0.29) is 5.97 Å². The van der Waals surface area contributed by atoms with Crippen molar-refractivity contribution in [3.8, 4) is 0 Å². The van der Waals surface area contributed by atoms with Gasteiger partial charge in [-0.2, -0.15) is 0 Å². The molecule has 1 amide bonds. The molecule has 1 aliphatic carbocycles. The first-order valence-electron chi connectivity index (χ1n) is 5.22. The SMILES string of the molecule is CCOC(=O)C1=C(NOC(=O)NC)CCC1. The van der Waals surface area contributed by atoms with Crippen LogP contribution in [0.4, 0.5) is 4.79 Å². The maximum atomic E-state index is 11.5. The highest BCUT2D eigenvalue weighted by atomic mass is 16.7. The Hall–Kier alpha value is -1.72. The number of rotatable bonds is 4. The van der Waals surface area contributed by atoms with Crippen LogP contribution in [0.1, 0.15) is 26.2 Å². The van der Waals surface area contributed by atoms with Crippen LogP contribution in [0.15, 0.2) is 11.3 Å². The van der Waals surface area contributed by atoms with E-state index < -0.39 is 6.09 Å². The van der Waals surface area contributed by atoms with E-state index in [2.05, 4.69) is 15.6 Å². The number of hydrogen-bond donors (Lipinski definition) is 2. The van der Waals surface area contributed by atoms with Crippen molar-refractivity contribution in [1.82, 2.24) is 10.8 Å². The first-order valence-corrected chi connectivity index (χ1v) is 5.22. The molecule has 0 saturated carbocycles. The number of amides is 1. The van der Waals surface area contributed by atoms with Crippen molar-refractivity contribution in [2.24, 2.45) is 0 Å². The van der Waals surface area contributed by atoms with Crippen molar-refractivity contribution in [2.45, 2.75) is 26.2 Å². The minimum absolute atomic E-state index is 0.339. The van der Waals surface area contributed by atoms with Crippen LogP contribution in [0.25, 0.3) is 0 Å². The van der Waals surface area contributed by atoms with E-state index in [0.717, 1.165) is 6.42 Å². The van der Waals surface area contributed by atoms with E-state index >= 15 is 0 Å². The van der Waals surface area contributed by atoms with Crippen molar-refractivity contribution >= 4 is 12.1 Å². The zero-order valence-electron chi connectivity index (χ0n) is 9.46. The van der Waals surface area contributed by atoms with Crippen LogP contribution in [-0.4, -0.2) is 25.7 Å². The van der Waals surface area contributed by atoms with Gasteiger partial charge in [-0.25, -0.2) is 15.1 Å². The van der Waals surface area contributed by atoms with Gasteiger partial charge >= 0.3 is 12.1 Å². The van der Waals surface area contributed by atoms with Gasteiger partial charge in [0.2, 0.25) is 0 Å². The van der Waals surface area contributed by atoms with Gasteiger partial charge in [0.1, 0.15) is 0 Å². The first-order chi connectivity index (χ1) is 7.69. The maximum Gasteiger partial charge on any atom is 0.431 e. The van der Waals surface area contributed by atoms with E-state index in [4.69, 9.17) is 4.74 Å². The molecule has 0 bridgehead atoms. The zero-order valence-corrected chi connectivity index (χ0v) is 9.46. The number of esters is 1. The first kappa shape index (κ1) is 12.4. The molecule has 2 N–H and O–H groups in total. The molecule has 0 heterocycles. The summed E-state index contributed by atoms with van der Waals surface area (Å²) in [6, 6.07) is 0. The van der Waals surface area contributed by atoms with Crippen LogP contribution >= 0.6 is 0 Å². The van der Waals surface area contributed by atoms with Gasteiger partial charge in [0.25, 0.3) is 0 Å². The van der Waals surface area contributed by atoms with Crippen LogP contribution in [0.3, 0.4) is 0 Å². The molecule has 0 aromatic heterocycles. The molecule has 1 aliphatic rings. The third-order valence-electron chi connectivity index (χ3n) is 2.21. The smallest absolute Gasteiger partial charge is 0.431 e. The average molecular weight is 228 g/mol. The van der Waals surface area contributed by atoms with Crippen LogP contribution < -0.4 is 10.8 Å². The van der Waals surface area contributed by atoms with E-state index in [1.807, 2.05) is 0 Å². The summed E-state index contributed by atoms with van der Waals surface area (Å²) >= 11 is 0. The summed E-state index contributed by atoms with van der Waals surface area (Å²) < 4.78 is 4.90. The van der Waals surface area contributed by atoms with E-state index in [1.165, 1.54) is 7.05 Å². The highest BCUT2D eigenvalue weighted by molar-refractivity contribution is 5.89. The van der Waals surface area contributed by atoms with E-state index in [1.54, 1.807) is 6.92 Å². The summed E-state index contributed by atoms with van der Waals surface area (Å²) in [6.07, 6.45) is 1.60. The van der Waals surface area contributed by atoms with Gasteiger partial charge in [-0.15, -0.1) is 0 Å². The summed E-state index contributed by atoms with van der Waals surface area (Å²) in [5.74, 6) is -0.344. The lowest BCUT2D eigenvalue weighted by atomic mass is 10.2. The number of ether oxygens (including phenoxy) is 1. The quantitative estimate of drug-likeness (QED) is 0.551. The Bertz CT molecular complexity index is 312. The van der Waals surface area contributed by atoms with Crippen molar-refractivity contribution in [1.29, 1.82) is 0 Å². The Morgan fingerprint density at radius 2 is 2.12 bits per heavy atom. The number of hydrogen-bond acceptors (Lipinski definition) is 5. The molecule has 0 aliphatic heterocycles. The second-order valence-corrected chi connectivity index (χ2v) is 3.27. The Balaban J connectivity index is 2.57. The second-order valence-electron chi connectivity index (χ2n) is 3.27. The number of hydroxylamine groups is 1. The molecule has 0 aromatic rings. The fraction of sp³-hybridized carbons (Fsp3) is 0.600. The van der Waals surface area contributed by atoms with Crippen LogP contribution in [0, 0.1) is 0 Å². The Morgan fingerprint density at radius 1 is 1.38 bits per heavy atom. The molecular weight excluding hydrogens is 212 g/mol. The molecule has 0 unspecified atom stereocenters. The van der Waals surface area contributed by atoms with Crippen LogP contribution in [-0.2, 0) is 14.4 Å². The van der Waals surface area contributed by atoms with E-state index in [0.29, 0.717) is 30.7 Å².